The first-order valence-electron chi connectivity index (χ1n) is 32.7. The summed E-state index contributed by atoms with van der Waals surface area (Å²) < 4.78 is 8.21. The predicted molar refractivity (Wildman–Crippen MR) is 398 cm³/mol. The zero-order valence-corrected chi connectivity index (χ0v) is 61.1. The van der Waals surface area contributed by atoms with E-state index in [1.165, 1.54) is 16.7 Å². The maximum absolute atomic E-state index is 12.0. The number of aromatic nitrogens is 8. The zero-order valence-electron chi connectivity index (χ0n) is 61.1. The molecule has 506 valence electrons. The van der Waals surface area contributed by atoms with E-state index in [1.54, 1.807) is 85.8 Å². The summed E-state index contributed by atoms with van der Waals surface area (Å²) in [6.45, 7) is 38.7. The van der Waals surface area contributed by atoms with Gasteiger partial charge in [-0.3, -0.25) is 48.7 Å². The number of carbonyl (C=O) groups excluding carboxylic acids is 1. The van der Waals surface area contributed by atoms with Crippen molar-refractivity contribution in [2.24, 2.45) is 57.5 Å². The van der Waals surface area contributed by atoms with Crippen LogP contribution < -0.4 is 27.8 Å². The zero-order chi connectivity index (χ0) is 71.5. The summed E-state index contributed by atoms with van der Waals surface area (Å²) in [7, 11) is 10.8. The Hall–Kier alpha value is -9.44. The molecule has 16 heteroatoms. The number of rotatable bonds is 0. The first-order chi connectivity index (χ1) is 44.5. The molecular formula is C80H100N10O6. The lowest BCUT2D eigenvalue weighted by Gasteiger charge is -2.38. The van der Waals surface area contributed by atoms with E-state index in [4.69, 9.17) is 0 Å². The van der Waals surface area contributed by atoms with Crippen LogP contribution in [0.3, 0.4) is 0 Å². The van der Waals surface area contributed by atoms with E-state index >= 15 is 0 Å². The molecule has 2 atom stereocenters. The van der Waals surface area contributed by atoms with Crippen molar-refractivity contribution in [1.29, 1.82) is 0 Å². The fourth-order valence-corrected chi connectivity index (χ4v) is 11.9. The Balaban J connectivity index is 0.000000163. The van der Waals surface area contributed by atoms with Crippen LogP contribution in [0.5, 0.6) is 0 Å². The molecule has 1 amide bonds. The third-order valence-electron chi connectivity index (χ3n) is 17.2. The Labute approximate surface area is 565 Å². The van der Waals surface area contributed by atoms with Crippen molar-refractivity contribution in [3.63, 3.8) is 0 Å². The molecule has 0 saturated carbocycles. The minimum atomic E-state index is -0.0678. The molecule has 2 unspecified atom stereocenters. The second-order valence-corrected chi connectivity index (χ2v) is 31.3. The van der Waals surface area contributed by atoms with E-state index in [0.29, 0.717) is 16.3 Å². The first-order valence-corrected chi connectivity index (χ1v) is 32.7. The lowest BCUT2D eigenvalue weighted by Crippen LogP contribution is -2.42. The number of benzene rings is 2. The second-order valence-electron chi connectivity index (χ2n) is 31.3. The van der Waals surface area contributed by atoms with Gasteiger partial charge in [0.25, 0.3) is 27.8 Å². The number of aryl methyl sites for hydroxylation is 5. The SMILES string of the molecule is CN1C=C(C(C)(C)C)C2C=NC=CC2C1=O.Cn1cc(C(C)(C)C)c2ccccc2c1=O.Cn1cc(C(C)(C)C)c2ccccc2c1=O.Cn1cc(C(C)(C)C)c2cccnc2c1=O.Cn1cc(C(C)(C)C)c2ncccc2c1=O.Cn1cc(C(C)(C)C)c2ncccc2c1=O. The van der Waals surface area contributed by atoms with Crippen LogP contribution in [-0.2, 0) is 67.1 Å². The lowest BCUT2D eigenvalue weighted by molar-refractivity contribution is -0.131. The standard InChI is InChI=1S/2C14H17NO.C13H18N2O.3C13H16N2O/c2*1-14(2,3)12-9-15(4)13(16)11-8-6-5-7-10(11)12;1-13(2,3)11-8-15(4)12(16)9-5-6-14-7-10(9)11;2*1-13(2,3)10-8-15(4)12(16)9-6-5-7-14-11(9)10;1-13(2,3)10-8-15(4)12(16)11-9(10)6-5-7-14-11/h2*5-9H,1-4H3;5-10H,1-4H3;3*5-8H,1-4H3. The van der Waals surface area contributed by atoms with Gasteiger partial charge in [-0.05, 0) is 108 Å². The molecule has 2 aliphatic heterocycles. The van der Waals surface area contributed by atoms with Crippen LogP contribution in [0.25, 0.3) is 54.3 Å². The Morgan fingerprint density at radius 1 is 0.323 bits per heavy atom. The van der Waals surface area contributed by atoms with Crippen molar-refractivity contribution >= 4 is 66.4 Å². The molecule has 0 aliphatic carbocycles. The molecule has 10 aromatic rings. The van der Waals surface area contributed by atoms with Crippen LogP contribution in [0.4, 0.5) is 0 Å². The van der Waals surface area contributed by atoms with Crippen LogP contribution in [0, 0.1) is 17.3 Å². The third-order valence-corrected chi connectivity index (χ3v) is 17.2. The fraction of sp³-hybridized carbons (Fsp3) is 0.400. The third kappa shape index (κ3) is 16.6. The van der Waals surface area contributed by atoms with Gasteiger partial charge in [-0.2, -0.15) is 0 Å². The molecular weight excluding hydrogens is 1200 g/mol. The highest BCUT2D eigenvalue weighted by Gasteiger charge is 2.39. The summed E-state index contributed by atoms with van der Waals surface area (Å²) in [5.41, 5.74) is 9.50. The molecule has 2 aliphatic rings. The van der Waals surface area contributed by atoms with Crippen molar-refractivity contribution < 1.29 is 4.79 Å². The molecule has 2 aromatic carbocycles. The molecule has 16 nitrogen and oxygen atoms in total. The van der Waals surface area contributed by atoms with Crippen LogP contribution in [0.2, 0.25) is 0 Å². The van der Waals surface area contributed by atoms with Gasteiger partial charge in [0.1, 0.15) is 5.52 Å². The Morgan fingerprint density at radius 2 is 0.625 bits per heavy atom. The predicted octanol–water partition coefficient (Wildman–Crippen LogP) is 14.6. The van der Waals surface area contributed by atoms with E-state index in [-0.39, 0.29) is 78.0 Å². The molecule has 0 radical (unpaired) electrons. The largest absolute Gasteiger partial charge is 0.322 e. The van der Waals surface area contributed by atoms with Gasteiger partial charge in [0.15, 0.2) is 0 Å². The average Bonchev–Trinajstić information content (AvgIpc) is 0.827. The number of amides is 1. The number of pyridine rings is 8. The maximum atomic E-state index is 12.0. The van der Waals surface area contributed by atoms with E-state index in [1.807, 2.05) is 143 Å². The molecule has 0 spiro atoms. The molecule has 10 heterocycles. The van der Waals surface area contributed by atoms with Crippen LogP contribution in [-0.4, -0.2) is 61.9 Å². The molecule has 0 N–H and O–H groups in total. The van der Waals surface area contributed by atoms with Gasteiger partial charge in [0, 0.05) is 144 Å². The second kappa shape index (κ2) is 28.5. The maximum Gasteiger partial charge on any atom is 0.276 e. The smallest absolute Gasteiger partial charge is 0.276 e. The number of hydrogen-bond donors (Lipinski definition) is 0. The minimum Gasteiger partial charge on any atom is -0.322 e. The van der Waals surface area contributed by atoms with Crippen LogP contribution in [0.15, 0.2) is 188 Å². The molecule has 0 fully saturated rings. The summed E-state index contributed by atoms with van der Waals surface area (Å²) in [6, 6.07) is 26.7. The summed E-state index contributed by atoms with van der Waals surface area (Å²) in [5.74, 6) is 0.218. The number of hydrogen-bond acceptors (Lipinski definition) is 10. The van der Waals surface area contributed by atoms with Gasteiger partial charge in [0.05, 0.1) is 27.7 Å². The van der Waals surface area contributed by atoms with Crippen molar-refractivity contribution in [3.8, 4) is 0 Å². The summed E-state index contributed by atoms with van der Waals surface area (Å²) >= 11 is 0. The van der Waals surface area contributed by atoms with Crippen molar-refractivity contribution in [2.75, 3.05) is 7.05 Å². The molecule has 0 saturated heterocycles. The van der Waals surface area contributed by atoms with Crippen LogP contribution in [0.1, 0.15) is 152 Å². The van der Waals surface area contributed by atoms with Crippen molar-refractivity contribution in [1.82, 2.24) is 42.7 Å². The first kappa shape index (κ1) is 74.0. The highest BCUT2D eigenvalue weighted by molar-refractivity contribution is 5.90. The monoisotopic (exact) mass is 1300 g/mol. The highest BCUT2D eigenvalue weighted by Crippen LogP contribution is 2.40. The highest BCUT2D eigenvalue weighted by atomic mass is 16.2. The average molecular weight is 1300 g/mol. The van der Waals surface area contributed by atoms with Gasteiger partial charge < -0.3 is 27.7 Å². The van der Waals surface area contributed by atoms with Gasteiger partial charge in [-0.1, -0.05) is 173 Å². The van der Waals surface area contributed by atoms with E-state index in [2.05, 4.69) is 145 Å². The summed E-state index contributed by atoms with van der Waals surface area (Å²) in [6.07, 6.45) is 22.2. The van der Waals surface area contributed by atoms with Gasteiger partial charge >= 0.3 is 0 Å². The number of nitrogens with zero attached hydrogens (tertiary/aromatic N) is 10. The van der Waals surface area contributed by atoms with Crippen molar-refractivity contribution in [2.45, 2.75) is 152 Å². The Bertz CT molecular complexity index is 4320. The van der Waals surface area contributed by atoms with E-state index < -0.39 is 0 Å². The van der Waals surface area contributed by atoms with Crippen LogP contribution >= 0.6 is 0 Å². The van der Waals surface area contributed by atoms with Crippen molar-refractivity contribution in [3.05, 3.63) is 238 Å². The summed E-state index contributed by atoms with van der Waals surface area (Å²) in [4.78, 5) is 90.4. The van der Waals surface area contributed by atoms with Gasteiger partial charge in [-0.15, -0.1) is 0 Å². The molecule has 8 aromatic heterocycles. The quantitative estimate of drug-likeness (QED) is 0.143. The lowest BCUT2D eigenvalue weighted by atomic mass is 9.72. The Kier molecular flexibility index (Phi) is 21.9. The fourth-order valence-electron chi connectivity index (χ4n) is 11.9. The topological polar surface area (TPSA) is 181 Å². The van der Waals surface area contributed by atoms with E-state index in [9.17, 15) is 28.8 Å². The molecule has 96 heavy (non-hydrogen) atoms. The van der Waals surface area contributed by atoms with E-state index in [0.717, 1.165) is 54.7 Å². The summed E-state index contributed by atoms with van der Waals surface area (Å²) in [5, 5.41) is 6.08. The normalized spacial score (nSPS) is 14.9. The van der Waals surface area contributed by atoms with Gasteiger partial charge in [0.2, 0.25) is 5.91 Å². The molecule has 12 rings (SSSR count). The number of aliphatic imine (C=N–C) groups is 1. The Morgan fingerprint density at radius 3 is 0.990 bits per heavy atom. The number of fused-ring (bicyclic) bond motifs is 6. The van der Waals surface area contributed by atoms with Gasteiger partial charge in [-0.25, -0.2) is 0 Å². The molecule has 0 bridgehead atoms. The number of allylic oxidation sites excluding steroid dienone is 1. The number of carbonyl (C=O) groups is 1. The minimum absolute atomic E-state index is 0.00669.